The quantitative estimate of drug-likeness (QED) is 0.790. The maximum atomic E-state index is 10.6. The van der Waals surface area contributed by atoms with Gasteiger partial charge in [0.15, 0.2) is 0 Å². The van der Waals surface area contributed by atoms with E-state index in [1.165, 1.54) is 0 Å². The molecule has 100 valence electrons. The Balaban J connectivity index is 0.000000203. The van der Waals surface area contributed by atoms with Gasteiger partial charge in [0.25, 0.3) is 0 Å². The lowest BCUT2D eigenvalue weighted by atomic mass is 10.2. The van der Waals surface area contributed by atoms with E-state index in [0.29, 0.717) is 0 Å². The fraction of sp³-hybridized carbons (Fsp3) is 0.444. The summed E-state index contributed by atoms with van der Waals surface area (Å²) in [7, 11) is 0. The molecule has 1 aliphatic rings. The summed E-state index contributed by atoms with van der Waals surface area (Å²) in [6, 6.07) is 0.226. The van der Waals surface area contributed by atoms with E-state index in [2.05, 4.69) is 15.4 Å². The van der Waals surface area contributed by atoms with Crippen molar-refractivity contribution in [2.24, 2.45) is 0 Å². The van der Waals surface area contributed by atoms with E-state index in [0.717, 1.165) is 18.7 Å². The number of alkyl halides is 3. The number of hydroxylamine groups is 1. The number of carboxylic acids is 1. The molecule has 0 spiro atoms. The summed E-state index contributed by atoms with van der Waals surface area (Å²) in [6.07, 6.45) is 1.000. The Morgan fingerprint density at radius 2 is 2.17 bits per heavy atom. The lowest BCUT2D eigenvalue weighted by Crippen LogP contribution is -2.21. The van der Waals surface area contributed by atoms with Crippen molar-refractivity contribution in [2.45, 2.75) is 18.6 Å². The van der Waals surface area contributed by atoms with Crippen molar-refractivity contribution < 1.29 is 27.9 Å². The third kappa shape index (κ3) is 4.63. The molecule has 0 aliphatic carbocycles. The molecule has 0 unspecified atom stereocenters. The van der Waals surface area contributed by atoms with Gasteiger partial charge in [0.2, 0.25) is 0 Å². The number of hydrogen-bond donors (Lipinski definition) is 2. The molecule has 0 radical (unpaired) electrons. The average Bonchev–Trinajstić information content (AvgIpc) is 2.83. The summed E-state index contributed by atoms with van der Waals surface area (Å²) < 4.78 is 31.7. The fourth-order valence-corrected chi connectivity index (χ4v) is 1.09. The third-order valence-electron chi connectivity index (χ3n) is 1.92. The monoisotopic (exact) mass is 265 g/mol. The summed E-state index contributed by atoms with van der Waals surface area (Å²) in [4.78, 5) is 22.0. The summed E-state index contributed by atoms with van der Waals surface area (Å²) in [5.74, 6) is -2.76. The Kier molecular flexibility index (Phi) is 4.98. The topological polar surface area (TPSA) is 84.3 Å². The van der Waals surface area contributed by atoms with E-state index in [1.54, 1.807) is 18.6 Å². The number of carboxylic acid groups (broad SMARTS) is 1. The molecule has 1 saturated heterocycles. The molecule has 0 bridgehead atoms. The maximum Gasteiger partial charge on any atom is 0.490 e. The third-order valence-corrected chi connectivity index (χ3v) is 1.92. The fourth-order valence-electron chi connectivity index (χ4n) is 1.09. The summed E-state index contributed by atoms with van der Waals surface area (Å²) in [6.45, 7) is 0.751. The first kappa shape index (κ1) is 14.3. The van der Waals surface area contributed by atoms with E-state index in [-0.39, 0.29) is 6.04 Å². The van der Waals surface area contributed by atoms with Crippen LogP contribution < -0.4 is 5.48 Å². The molecule has 2 heterocycles. The predicted octanol–water partition coefficient (Wildman–Crippen LogP) is 1.08. The van der Waals surface area contributed by atoms with Crippen molar-refractivity contribution >= 4 is 5.97 Å². The Morgan fingerprint density at radius 1 is 1.50 bits per heavy atom. The zero-order chi connectivity index (χ0) is 13.6. The van der Waals surface area contributed by atoms with E-state index >= 15 is 0 Å². The second kappa shape index (κ2) is 6.26. The molecular formula is C9H10F3N3O3. The van der Waals surface area contributed by atoms with Gasteiger partial charge in [-0.2, -0.15) is 18.7 Å². The number of aromatic nitrogens is 2. The maximum absolute atomic E-state index is 10.6. The van der Waals surface area contributed by atoms with Crippen LogP contribution in [0, 0.1) is 0 Å². The van der Waals surface area contributed by atoms with Gasteiger partial charge < -0.3 is 9.94 Å². The average molecular weight is 265 g/mol. The molecule has 1 atom stereocenters. The smallest absolute Gasteiger partial charge is 0.475 e. The molecule has 0 amide bonds. The van der Waals surface area contributed by atoms with Crippen LogP contribution in [0.15, 0.2) is 18.6 Å². The molecule has 1 aromatic rings. The lowest BCUT2D eigenvalue weighted by molar-refractivity contribution is -0.192. The van der Waals surface area contributed by atoms with Crippen LogP contribution in [0.4, 0.5) is 13.2 Å². The summed E-state index contributed by atoms with van der Waals surface area (Å²) in [5, 5.41) is 7.12. The van der Waals surface area contributed by atoms with E-state index in [4.69, 9.17) is 14.7 Å². The number of nitrogens with zero attached hydrogens (tertiary/aromatic N) is 2. The summed E-state index contributed by atoms with van der Waals surface area (Å²) >= 11 is 0. The number of hydrogen-bond acceptors (Lipinski definition) is 5. The van der Waals surface area contributed by atoms with Gasteiger partial charge in [-0.15, -0.1) is 0 Å². The molecule has 0 aromatic carbocycles. The first-order valence-corrected chi connectivity index (χ1v) is 4.84. The van der Waals surface area contributed by atoms with Gasteiger partial charge in [-0.3, -0.25) is 9.97 Å². The standard InChI is InChI=1S/C7H9N3O.C2HF3O2/c1-4-11-10-6(1)7-5-8-2-3-9-7;3-2(4,5)1(6)7/h2-3,5-6,10H,1,4H2;(H,6,7)/t6-;/m0./s1. The molecule has 2 rings (SSSR count). The molecule has 1 aliphatic heterocycles. The molecular weight excluding hydrogens is 255 g/mol. The van der Waals surface area contributed by atoms with Crippen molar-refractivity contribution in [3.05, 3.63) is 24.3 Å². The number of halogens is 3. The molecule has 9 heteroatoms. The van der Waals surface area contributed by atoms with Crippen LogP contribution in [0.5, 0.6) is 0 Å². The highest BCUT2D eigenvalue weighted by Crippen LogP contribution is 2.17. The molecule has 6 nitrogen and oxygen atoms in total. The Morgan fingerprint density at radius 3 is 2.56 bits per heavy atom. The minimum atomic E-state index is -5.08. The highest BCUT2D eigenvalue weighted by molar-refractivity contribution is 5.73. The van der Waals surface area contributed by atoms with Crippen LogP contribution in [0.2, 0.25) is 0 Å². The van der Waals surface area contributed by atoms with Crippen molar-refractivity contribution in [1.82, 2.24) is 15.4 Å². The molecule has 2 N–H and O–H groups in total. The molecule has 0 saturated carbocycles. The predicted molar refractivity (Wildman–Crippen MR) is 52.2 cm³/mol. The van der Waals surface area contributed by atoms with Crippen LogP contribution >= 0.6 is 0 Å². The van der Waals surface area contributed by atoms with Crippen LogP contribution in [0.1, 0.15) is 18.2 Å². The SMILES string of the molecule is O=C(O)C(F)(F)F.c1cnc([C@@H]2CCON2)cn1. The number of carbonyl (C=O) groups is 1. The van der Waals surface area contributed by atoms with Gasteiger partial charge in [-0.25, -0.2) is 4.79 Å². The van der Waals surface area contributed by atoms with Crippen LogP contribution in [-0.2, 0) is 9.63 Å². The number of nitrogens with one attached hydrogen (secondary N) is 1. The van der Waals surface area contributed by atoms with Crippen LogP contribution in [0.3, 0.4) is 0 Å². The van der Waals surface area contributed by atoms with Gasteiger partial charge in [0.05, 0.1) is 24.5 Å². The van der Waals surface area contributed by atoms with Crippen molar-refractivity contribution in [3.63, 3.8) is 0 Å². The van der Waals surface area contributed by atoms with Gasteiger partial charge in [-0.05, 0) is 6.42 Å². The van der Waals surface area contributed by atoms with E-state index in [1.807, 2.05) is 0 Å². The minimum absolute atomic E-state index is 0.226. The second-order valence-electron chi connectivity index (χ2n) is 3.24. The highest BCUT2D eigenvalue weighted by atomic mass is 19.4. The van der Waals surface area contributed by atoms with Crippen molar-refractivity contribution in [1.29, 1.82) is 0 Å². The van der Waals surface area contributed by atoms with Crippen molar-refractivity contribution in [3.8, 4) is 0 Å². The number of aliphatic carboxylic acids is 1. The van der Waals surface area contributed by atoms with E-state index in [9.17, 15) is 13.2 Å². The largest absolute Gasteiger partial charge is 0.490 e. The van der Waals surface area contributed by atoms with E-state index < -0.39 is 12.1 Å². The zero-order valence-electron chi connectivity index (χ0n) is 9.02. The van der Waals surface area contributed by atoms with Gasteiger partial charge in [0, 0.05) is 12.4 Å². The lowest BCUT2D eigenvalue weighted by Gasteiger charge is -2.04. The van der Waals surface area contributed by atoms with Crippen LogP contribution in [-0.4, -0.2) is 33.8 Å². The van der Waals surface area contributed by atoms with Crippen LogP contribution in [0.25, 0.3) is 0 Å². The second-order valence-corrected chi connectivity index (χ2v) is 3.24. The first-order chi connectivity index (χ1) is 8.41. The minimum Gasteiger partial charge on any atom is -0.475 e. The molecule has 1 fully saturated rings. The Bertz CT molecular complexity index is 380. The number of rotatable bonds is 1. The first-order valence-electron chi connectivity index (χ1n) is 4.84. The summed E-state index contributed by atoms with van der Waals surface area (Å²) in [5.41, 5.74) is 3.82. The van der Waals surface area contributed by atoms with Gasteiger partial charge in [0.1, 0.15) is 0 Å². The Hall–Kier alpha value is -1.74. The molecule has 1 aromatic heterocycles. The van der Waals surface area contributed by atoms with Gasteiger partial charge >= 0.3 is 12.1 Å². The Labute approximate surface area is 99.8 Å². The van der Waals surface area contributed by atoms with Crippen molar-refractivity contribution in [2.75, 3.05) is 6.61 Å². The zero-order valence-corrected chi connectivity index (χ0v) is 9.02. The normalized spacial score (nSPS) is 18.9. The van der Waals surface area contributed by atoms with Gasteiger partial charge in [-0.1, -0.05) is 0 Å². The highest BCUT2D eigenvalue weighted by Gasteiger charge is 2.38. The molecule has 18 heavy (non-hydrogen) atoms.